The molecule has 31 heavy (non-hydrogen) atoms. The standard InChI is InChI=1S/C23H16N4O3S/c28-23(25-16-5-7-18(8-6-16)27(29)30)26-17-9-15-12-24-13-20(15)19(11-17)22-10-14-3-1-2-4-21(14)31-22/h1-12H,13H2,(H2,25,26,28). The predicted octanol–water partition coefficient (Wildman–Crippen LogP) is 6.05. The van der Waals surface area contributed by atoms with Gasteiger partial charge >= 0.3 is 6.03 Å². The number of nitrogens with one attached hydrogen (secondary N) is 2. The van der Waals surface area contributed by atoms with Crippen LogP contribution in [0.25, 0.3) is 20.5 Å². The summed E-state index contributed by atoms with van der Waals surface area (Å²) in [4.78, 5) is 28.3. The number of fused-ring (bicyclic) bond motifs is 2. The number of thiophene rings is 1. The molecule has 0 saturated carbocycles. The van der Waals surface area contributed by atoms with E-state index in [0.29, 0.717) is 17.9 Å². The number of hydrogen-bond acceptors (Lipinski definition) is 5. The number of benzene rings is 3. The monoisotopic (exact) mass is 428 g/mol. The summed E-state index contributed by atoms with van der Waals surface area (Å²) >= 11 is 1.71. The fraction of sp³-hybridized carbons (Fsp3) is 0.0435. The minimum atomic E-state index is -0.481. The number of aliphatic imine (C=N–C) groups is 1. The van der Waals surface area contributed by atoms with E-state index in [2.05, 4.69) is 33.8 Å². The van der Waals surface area contributed by atoms with Crippen molar-refractivity contribution in [1.82, 2.24) is 0 Å². The molecule has 8 heteroatoms. The summed E-state index contributed by atoms with van der Waals surface area (Å²) in [6, 6.07) is 19.5. The molecule has 1 aliphatic heterocycles. The number of nitro benzene ring substituents is 1. The number of urea groups is 1. The van der Waals surface area contributed by atoms with Crippen molar-refractivity contribution in [3.05, 3.63) is 88.0 Å². The van der Waals surface area contributed by atoms with Gasteiger partial charge in [0.2, 0.25) is 0 Å². The molecule has 0 fully saturated rings. The lowest BCUT2D eigenvalue weighted by atomic mass is 10.0. The molecule has 3 aromatic carbocycles. The first-order valence-corrected chi connectivity index (χ1v) is 10.4. The van der Waals surface area contributed by atoms with Crippen molar-refractivity contribution < 1.29 is 9.72 Å². The first kappa shape index (κ1) is 19.0. The van der Waals surface area contributed by atoms with Gasteiger partial charge in [-0.2, -0.15) is 0 Å². The fourth-order valence-corrected chi connectivity index (χ4v) is 4.69. The molecule has 152 valence electrons. The third-order valence-corrected chi connectivity index (χ3v) is 6.20. The summed E-state index contributed by atoms with van der Waals surface area (Å²) in [5.41, 5.74) is 4.28. The van der Waals surface area contributed by atoms with Crippen LogP contribution in [0.2, 0.25) is 0 Å². The van der Waals surface area contributed by atoms with Gasteiger partial charge in [-0.05, 0) is 52.9 Å². The van der Waals surface area contributed by atoms with Gasteiger partial charge in [-0.15, -0.1) is 11.3 Å². The molecule has 4 aromatic rings. The molecule has 0 unspecified atom stereocenters. The zero-order valence-corrected chi connectivity index (χ0v) is 17.0. The molecule has 0 spiro atoms. The second kappa shape index (κ2) is 7.66. The van der Waals surface area contributed by atoms with Crippen molar-refractivity contribution in [2.45, 2.75) is 6.54 Å². The van der Waals surface area contributed by atoms with Crippen molar-refractivity contribution in [1.29, 1.82) is 0 Å². The quantitative estimate of drug-likeness (QED) is 0.306. The molecule has 0 aliphatic carbocycles. The van der Waals surface area contributed by atoms with Gasteiger partial charge in [0.1, 0.15) is 0 Å². The number of rotatable bonds is 4. The highest BCUT2D eigenvalue weighted by Gasteiger charge is 2.17. The van der Waals surface area contributed by atoms with Crippen molar-refractivity contribution in [3.63, 3.8) is 0 Å². The maximum Gasteiger partial charge on any atom is 0.323 e. The maximum absolute atomic E-state index is 12.5. The van der Waals surface area contributed by atoms with Gasteiger partial charge in [0, 0.05) is 44.9 Å². The van der Waals surface area contributed by atoms with Crippen LogP contribution in [0.1, 0.15) is 11.1 Å². The smallest absolute Gasteiger partial charge is 0.308 e. The van der Waals surface area contributed by atoms with Crippen LogP contribution in [-0.2, 0) is 6.54 Å². The summed E-state index contributed by atoms with van der Waals surface area (Å²) in [5, 5.41) is 17.5. The highest BCUT2D eigenvalue weighted by Crippen LogP contribution is 2.39. The summed E-state index contributed by atoms with van der Waals surface area (Å²) < 4.78 is 1.21. The number of hydrogen-bond donors (Lipinski definition) is 2. The number of amides is 2. The molecule has 2 N–H and O–H groups in total. The summed E-state index contributed by atoms with van der Waals surface area (Å²) in [5.74, 6) is 0. The normalized spacial score (nSPS) is 12.0. The van der Waals surface area contributed by atoms with Gasteiger partial charge in [0.05, 0.1) is 11.5 Å². The average molecular weight is 428 g/mol. The minimum absolute atomic E-state index is 0.0307. The Morgan fingerprint density at radius 1 is 1.00 bits per heavy atom. The largest absolute Gasteiger partial charge is 0.323 e. The number of carbonyl (C=O) groups is 1. The highest BCUT2D eigenvalue weighted by molar-refractivity contribution is 7.22. The molecule has 1 aromatic heterocycles. The molecule has 1 aliphatic rings. The number of nitro groups is 1. The first-order valence-electron chi connectivity index (χ1n) is 9.55. The molecule has 0 bridgehead atoms. The minimum Gasteiger partial charge on any atom is -0.308 e. The SMILES string of the molecule is O=C(Nc1ccc([N+](=O)[O-])cc1)Nc1cc2c(c(-c3cc4ccccc4s3)c1)CN=C2. The lowest BCUT2D eigenvalue weighted by Gasteiger charge is -2.12. The van der Waals surface area contributed by atoms with Crippen molar-refractivity contribution in [3.8, 4) is 10.4 Å². The van der Waals surface area contributed by atoms with Crippen LogP contribution in [0.4, 0.5) is 21.9 Å². The highest BCUT2D eigenvalue weighted by atomic mass is 32.1. The van der Waals surface area contributed by atoms with E-state index >= 15 is 0 Å². The van der Waals surface area contributed by atoms with Gasteiger partial charge in [-0.25, -0.2) is 4.79 Å². The van der Waals surface area contributed by atoms with Gasteiger partial charge in [0.25, 0.3) is 5.69 Å². The molecular formula is C23H16N4O3S. The van der Waals surface area contributed by atoms with Crippen molar-refractivity contribution in [2.24, 2.45) is 4.99 Å². The zero-order chi connectivity index (χ0) is 21.4. The molecule has 2 amide bonds. The van der Waals surface area contributed by atoms with Crippen molar-refractivity contribution >= 4 is 50.7 Å². The van der Waals surface area contributed by atoms with Crippen molar-refractivity contribution in [2.75, 3.05) is 10.6 Å². The summed E-state index contributed by atoms with van der Waals surface area (Å²) in [6.45, 7) is 0.619. The Balaban J connectivity index is 1.42. The lowest BCUT2D eigenvalue weighted by molar-refractivity contribution is -0.384. The van der Waals surface area contributed by atoms with Crippen LogP contribution in [0.15, 0.2) is 71.7 Å². The van der Waals surface area contributed by atoms with E-state index in [-0.39, 0.29) is 5.69 Å². The molecular weight excluding hydrogens is 412 g/mol. The van der Waals surface area contributed by atoms with Crippen LogP contribution >= 0.6 is 11.3 Å². The van der Waals surface area contributed by atoms with Crippen LogP contribution < -0.4 is 10.6 Å². The number of anilines is 2. The summed E-state index contributed by atoms with van der Waals surface area (Å²) in [7, 11) is 0. The van der Waals surface area contributed by atoms with Crippen LogP contribution in [0.3, 0.4) is 0 Å². The Bertz CT molecular complexity index is 1330. The molecule has 7 nitrogen and oxygen atoms in total. The number of non-ortho nitro benzene ring substituents is 1. The van der Waals surface area contributed by atoms with Crippen LogP contribution in [0, 0.1) is 10.1 Å². The van der Waals surface area contributed by atoms with Gasteiger partial charge in [0.15, 0.2) is 0 Å². The van der Waals surface area contributed by atoms with Gasteiger partial charge in [-0.1, -0.05) is 18.2 Å². The topological polar surface area (TPSA) is 96.6 Å². The van der Waals surface area contributed by atoms with E-state index in [4.69, 9.17) is 0 Å². The zero-order valence-electron chi connectivity index (χ0n) is 16.2. The van der Waals surface area contributed by atoms with Gasteiger partial charge in [-0.3, -0.25) is 15.1 Å². The Morgan fingerprint density at radius 3 is 2.55 bits per heavy atom. The molecule has 2 heterocycles. The van der Waals surface area contributed by atoms with E-state index in [1.165, 1.54) is 34.4 Å². The molecule has 5 rings (SSSR count). The Morgan fingerprint density at radius 2 is 1.77 bits per heavy atom. The van der Waals surface area contributed by atoms with Crippen LogP contribution in [0.5, 0.6) is 0 Å². The van der Waals surface area contributed by atoms with Gasteiger partial charge < -0.3 is 10.6 Å². The molecule has 0 atom stereocenters. The second-order valence-corrected chi connectivity index (χ2v) is 8.18. The lowest BCUT2D eigenvalue weighted by Crippen LogP contribution is -2.19. The second-order valence-electron chi connectivity index (χ2n) is 7.09. The Labute approximate surface area is 181 Å². The number of nitrogens with zero attached hydrogens (tertiary/aromatic N) is 2. The van der Waals surface area contributed by atoms with E-state index in [0.717, 1.165) is 21.6 Å². The summed E-state index contributed by atoms with van der Waals surface area (Å²) in [6.07, 6.45) is 1.82. The van der Waals surface area contributed by atoms with E-state index in [1.807, 2.05) is 30.5 Å². The van der Waals surface area contributed by atoms with Crippen LogP contribution in [-0.4, -0.2) is 17.2 Å². The average Bonchev–Trinajstić information content (AvgIpc) is 3.40. The van der Waals surface area contributed by atoms with E-state index < -0.39 is 11.0 Å². The Kier molecular flexibility index (Phi) is 4.68. The molecule has 0 saturated heterocycles. The van der Waals surface area contributed by atoms with E-state index in [1.54, 1.807) is 11.3 Å². The first-order chi connectivity index (χ1) is 15.1. The maximum atomic E-state index is 12.5. The Hall–Kier alpha value is -4.04. The predicted molar refractivity (Wildman–Crippen MR) is 124 cm³/mol. The third kappa shape index (κ3) is 3.76. The third-order valence-electron chi connectivity index (χ3n) is 5.05. The number of carbonyl (C=O) groups excluding carboxylic acids is 1. The van der Waals surface area contributed by atoms with E-state index in [9.17, 15) is 14.9 Å². The fourth-order valence-electron chi connectivity index (χ4n) is 3.59. The molecule has 0 radical (unpaired) electrons.